The summed E-state index contributed by atoms with van der Waals surface area (Å²) in [6, 6.07) is 0. The van der Waals surface area contributed by atoms with Gasteiger partial charge in [-0.05, 0) is 11.2 Å². The third kappa shape index (κ3) is 2.81. The molecule has 1 aromatic heterocycles. The maximum atomic E-state index is 11.9. The van der Waals surface area contributed by atoms with Crippen LogP contribution < -0.4 is 11.2 Å². The van der Waals surface area contributed by atoms with Gasteiger partial charge in [0.2, 0.25) is 0 Å². The molecule has 0 aliphatic rings. The molecule has 0 aromatic carbocycles. The molecular formula is C10H15N3O4S. The Kier molecular flexibility index (Phi) is 4.00. The van der Waals surface area contributed by atoms with Crippen LogP contribution in [0.5, 0.6) is 0 Å². The Morgan fingerprint density at radius 1 is 1.44 bits per heavy atom. The van der Waals surface area contributed by atoms with E-state index in [9.17, 15) is 19.7 Å². The molecule has 0 amide bonds. The summed E-state index contributed by atoms with van der Waals surface area (Å²) in [6.45, 7) is 3.74. The predicted octanol–water partition coefficient (Wildman–Crippen LogP) is 0.411. The molecule has 0 N–H and O–H groups in total. The summed E-state index contributed by atoms with van der Waals surface area (Å²) in [5.74, 6) is 0.450. The van der Waals surface area contributed by atoms with Crippen LogP contribution in [0.1, 0.15) is 13.8 Å². The van der Waals surface area contributed by atoms with E-state index in [1.54, 1.807) is 0 Å². The van der Waals surface area contributed by atoms with Gasteiger partial charge in [-0.3, -0.25) is 24.0 Å². The van der Waals surface area contributed by atoms with Crippen molar-refractivity contribution in [1.29, 1.82) is 0 Å². The predicted molar refractivity (Wildman–Crippen MR) is 70.2 cm³/mol. The van der Waals surface area contributed by atoms with Crippen molar-refractivity contribution in [2.75, 3.05) is 5.75 Å². The quantitative estimate of drug-likeness (QED) is 0.489. The molecule has 1 rings (SSSR count). The molecule has 0 radical (unpaired) electrons. The molecule has 0 bridgehead atoms. The zero-order valence-electron chi connectivity index (χ0n) is 10.4. The largest absolute Gasteiger partial charge is 0.350 e. The van der Waals surface area contributed by atoms with Crippen molar-refractivity contribution in [1.82, 2.24) is 9.13 Å². The Morgan fingerprint density at radius 2 is 2.00 bits per heavy atom. The van der Waals surface area contributed by atoms with Crippen LogP contribution in [0.15, 0.2) is 15.8 Å². The van der Waals surface area contributed by atoms with Crippen LogP contribution in [0.3, 0.4) is 0 Å². The van der Waals surface area contributed by atoms with E-state index in [1.165, 1.54) is 7.05 Å². The van der Waals surface area contributed by atoms with Crippen LogP contribution in [0.4, 0.5) is 5.69 Å². The van der Waals surface area contributed by atoms with Gasteiger partial charge in [0.1, 0.15) is 0 Å². The zero-order chi connectivity index (χ0) is 14.1. The second kappa shape index (κ2) is 4.97. The molecule has 0 aliphatic heterocycles. The molecule has 18 heavy (non-hydrogen) atoms. The Morgan fingerprint density at radius 3 is 2.44 bits per heavy atom. The minimum atomic E-state index is -0.877. The van der Waals surface area contributed by atoms with Gasteiger partial charge < -0.3 is 0 Å². The lowest BCUT2D eigenvalue weighted by Gasteiger charge is -2.22. The molecule has 1 aromatic rings. The van der Waals surface area contributed by atoms with Gasteiger partial charge in [0.05, 0.1) is 11.1 Å². The van der Waals surface area contributed by atoms with Crippen molar-refractivity contribution >= 4 is 18.3 Å². The van der Waals surface area contributed by atoms with Crippen LogP contribution in [0, 0.1) is 15.5 Å². The van der Waals surface area contributed by atoms with Crippen molar-refractivity contribution in [3.8, 4) is 0 Å². The highest BCUT2D eigenvalue weighted by molar-refractivity contribution is 7.80. The maximum Gasteiger partial charge on any atom is 0.350 e. The molecule has 0 atom stereocenters. The fourth-order valence-electron chi connectivity index (χ4n) is 1.45. The van der Waals surface area contributed by atoms with Crippen molar-refractivity contribution in [3.63, 3.8) is 0 Å². The fourth-order valence-corrected chi connectivity index (χ4v) is 1.55. The van der Waals surface area contributed by atoms with E-state index in [1.807, 2.05) is 13.8 Å². The summed E-state index contributed by atoms with van der Waals surface area (Å²) in [5, 5.41) is 10.7. The number of aryl methyl sites for hydroxylation is 1. The van der Waals surface area contributed by atoms with Crippen LogP contribution in [0.25, 0.3) is 0 Å². The molecule has 0 saturated carbocycles. The lowest BCUT2D eigenvalue weighted by Crippen LogP contribution is -2.43. The SMILES string of the molecule is Cn1cc([N+](=O)[O-])c(=O)n(CC(C)(C)CS)c1=O. The summed E-state index contributed by atoms with van der Waals surface area (Å²) >= 11 is 4.13. The average Bonchev–Trinajstić information content (AvgIpc) is 2.29. The van der Waals surface area contributed by atoms with E-state index < -0.39 is 27.3 Å². The first-order valence-corrected chi connectivity index (χ1v) is 5.88. The van der Waals surface area contributed by atoms with Gasteiger partial charge in [-0.1, -0.05) is 13.8 Å². The molecule has 0 unspecified atom stereocenters. The van der Waals surface area contributed by atoms with Crippen LogP contribution in [-0.2, 0) is 13.6 Å². The minimum Gasteiger partial charge on any atom is -0.297 e. The normalized spacial score (nSPS) is 11.6. The second-order valence-corrected chi connectivity index (χ2v) is 5.19. The van der Waals surface area contributed by atoms with Crippen molar-refractivity contribution in [2.24, 2.45) is 12.5 Å². The number of aromatic nitrogens is 2. The fraction of sp³-hybridized carbons (Fsp3) is 0.600. The first-order valence-electron chi connectivity index (χ1n) is 5.25. The molecule has 100 valence electrons. The monoisotopic (exact) mass is 273 g/mol. The topological polar surface area (TPSA) is 87.1 Å². The highest BCUT2D eigenvalue weighted by atomic mass is 32.1. The molecule has 0 aliphatic carbocycles. The van der Waals surface area contributed by atoms with Crippen LogP contribution in [0.2, 0.25) is 0 Å². The number of rotatable bonds is 4. The summed E-state index contributed by atoms with van der Waals surface area (Å²) < 4.78 is 1.92. The van der Waals surface area contributed by atoms with Crippen molar-refractivity contribution in [3.05, 3.63) is 37.1 Å². The van der Waals surface area contributed by atoms with E-state index in [4.69, 9.17) is 0 Å². The van der Waals surface area contributed by atoms with E-state index in [-0.39, 0.29) is 6.54 Å². The smallest absolute Gasteiger partial charge is 0.297 e. The number of hydrogen-bond donors (Lipinski definition) is 1. The molecule has 8 heteroatoms. The van der Waals surface area contributed by atoms with Crippen LogP contribution >= 0.6 is 12.6 Å². The van der Waals surface area contributed by atoms with Gasteiger partial charge in [0, 0.05) is 13.6 Å². The van der Waals surface area contributed by atoms with E-state index in [0.29, 0.717) is 5.75 Å². The Hall–Kier alpha value is -1.57. The Bertz CT molecular complexity index is 588. The number of hydrogen-bond acceptors (Lipinski definition) is 5. The first-order chi connectivity index (χ1) is 8.19. The van der Waals surface area contributed by atoms with Gasteiger partial charge in [-0.25, -0.2) is 4.79 Å². The number of nitrogens with zero attached hydrogens (tertiary/aromatic N) is 3. The van der Waals surface area contributed by atoms with Gasteiger partial charge in [-0.2, -0.15) is 12.6 Å². The molecule has 0 saturated heterocycles. The zero-order valence-corrected chi connectivity index (χ0v) is 11.3. The van der Waals surface area contributed by atoms with Gasteiger partial charge >= 0.3 is 16.9 Å². The number of nitro groups is 1. The van der Waals surface area contributed by atoms with E-state index >= 15 is 0 Å². The summed E-state index contributed by atoms with van der Waals surface area (Å²) in [4.78, 5) is 33.6. The molecule has 0 spiro atoms. The van der Waals surface area contributed by atoms with E-state index in [0.717, 1.165) is 15.3 Å². The van der Waals surface area contributed by atoms with E-state index in [2.05, 4.69) is 12.6 Å². The summed E-state index contributed by atoms with van der Waals surface area (Å²) in [7, 11) is 1.37. The molecule has 7 nitrogen and oxygen atoms in total. The maximum absolute atomic E-state index is 11.9. The third-order valence-electron chi connectivity index (χ3n) is 2.52. The van der Waals surface area contributed by atoms with Gasteiger partial charge in [0.25, 0.3) is 0 Å². The van der Waals surface area contributed by atoms with Crippen molar-refractivity contribution < 1.29 is 4.92 Å². The third-order valence-corrected chi connectivity index (χ3v) is 3.38. The minimum absolute atomic E-state index is 0.0870. The standard InChI is InChI=1S/C10H15N3O4S/c1-10(2,6-18)5-12-8(14)7(13(16)17)4-11(3)9(12)15/h4,18H,5-6H2,1-3H3. The summed E-state index contributed by atoms with van der Waals surface area (Å²) in [6.07, 6.45) is 0.939. The lowest BCUT2D eigenvalue weighted by molar-refractivity contribution is -0.387. The Balaban J connectivity index is 3.49. The summed E-state index contributed by atoms with van der Waals surface area (Å²) in [5.41, 5.74) is -2.46. The Labute approximate surface area is 109 Å². The average molecular weight is 273 g/mol. The lowest BCUT2D eigenvalue weighted by atomic mass is 9.96. The molecule has 0 fully saturated rings. The number of thiol groups is 1. The highest BCUT2D eigenvalue weighted by Crippen LogP contribution is 2.18. The van der Waals surface area contributed by atoms with Gasteiger partial charge in [-0.15, -0.1) is 0 Å². The molecule has 1 heterocycles. The van der Waals surface area contributed by atoms with Crippen molar-refractivity contribution in [2.45, 2.75) is 20.4 Å². The van der Waals surface area contributed by atoms with Gasteiger partial charge in [0.15, 0.2) is 0 Å². The second-order valence-electron chi connectivity index (χ2n) is 4.88. The first kappa shape index (κ1) is 14.5. The van der Waals surface area contributed by atoms with Crippen LogP contribution in [-0.4, -0.2) is 19.8 Å². The highest BCUT2D eigenvalue weighted by Gasteiger charge is 2.24. The molecular weight excluding hydrogens is 258 g/mol.